The average Bonchev–Trinajstić information content (AvgIpc) is 2.77. The molecule has 1 atom stereocenters. The second-order valence-corrected chi connectivity index (χ2v) is 7.81. The van der Waals surface area contributed by atoms with Crippen LogP contribution in [0.5, 0.6) is 0 Å². The molecular formula is C23H23F3N4O4. The van der Waals surface area contributed by atoms with E-state index in [4.69, 9.17) is 0 Å². The van der Waals surface area contributed by atoms with Crippen LogP contribution in [0, 0.1) is 0 Å². The van der Waals surface area contributed by atoms with Crippen molar-refractivity contribution in [2.75, 3.05) is 13.1 Å². The van der Waals surface area contributed by atoms with Crippen LogP contribution < -0.4 is 10.6 Å². The van der Waals surface area contributed by atoms with Gasteiger partial charge in [-0.3, -0.25) is 34.4 Å². The minimum absolute atomic E-state index is 0.0864. The Morgan fingerprint density at radius 2 is 2.03 bits per heavy atom. The third-order valence-corrected chi connectivity index (χ3v) is 5.34. The molecule has 1 unspecified atom stereocenters. The van der Waals surface area contributed by atoms with Gasteiger partial charge in [0.2, 0.25) is 17.7 Å². The van der Waals surface area contributed by atoms with E-state index in [1.54, 1.807) is 25.2 Å². The van der Waals surface area contributed by atoms with Crippen LogP contribution in [0.15, 0.2) is 53.1 Å². The zero-order valence-corrected chi connectivity index (χ0v) is 18.3. The number of benzene rings is 1. The van der Waals surface area contributed by atoms with Gasteiger partial charge >= 0.3 is 6.18 Å². The third-order valence-electron chi connectivity index (χ3n) is 5.34. The number of hydrogen-bond donors (Lipinski definition) is 2. The molecule has 34 heavy (non-hydrogen) atoms. The number of hydrogen-bond acceptors (Lipinski definition) is 5. The number of amidine groups is 1. The largest absolute Gasteiger partial charge is 0.416 e. The minimum atomic E-state index is -4.58. The fraction of sp³-hybridized carbons (Fsp3) is 0.348. The number of rotatable bonds is 4. The predicted molar refractivity (Wildman–Crippen MR) is 117 cm³/mol. The highest BCUT2D eigenvalue weighted by atomic mass is 19.4. The van der Waals surface area contributed by atoms with Crippen LogP contribution in [0.25, 0.3) is 0 Å². The Morgan fingerprint density at radius 3 is 2.74 bits per heavy atom. The topological polar surface area (TPSA) is 108 Å². The number of carbonyl (C=O) groups excluding carboxylic acids is 4. The fourth-order valence-electron chi connectivity index (χ4n) is 3.63. The van der Waals surface area contributed by atoms with Gasteiger partial charge in [0.25, 0.3) is 5.91 Å². The lowest BCUT2D eigenvalue weighted by Crippen LogP contribution is -2.56. The van der Waals surface area contributed by atoms with Gasteiger partial charge in [-0.25, -0.2) is 0 Å². The van der Waals surface area contributed by atoms with Crippen LogP contribution in [0.1, 0.15) is 42.1 Å². The number of alkyl halides is 3. The van der Waals surface area contributed by atoms with Crippen molar-refractivity contribution in [3.05, 3.63) is 59.2 Å². The smallest absolute Gasteiger partial charge is 0.348 e. The summed E-state index contributed by atoms with van der Waals surface area (Å²) in [4.78, 5) is 55.0. The van der Waals surface area contributed by atoms with Gasteiger partial charge in [-0.1, -0.05) is 24.3 Å². The first-order valence-corrected chi connectivity index (χ1v) is 10.5. The number of amides is 4. The van der Waals surface area contributed by atoms with Crippen molar-refractivity contribution >= 4 is 29.5 Å². The zero-order valence-electron chi connectivity index (χ0n) is 18.3. The van der Waals surface area contributed by atoms with Crippen LogP contribution in [0.2, 0.25) is 0 Å². The number of piperidine rings is 1. The number of allylic oxidation sites excluding steroid dienone is 2. The maximum atomic E-state index is 13.1. The van der Waals surface area contributed by atoms with Crippen LogP contribution in [0.3, 0.4) is 0 Å². The summed E-state index contributed by atoms with van der Waals surface area (Å²) in [5, 5.41) is 4.76. The predicted octanol–water partition coefficient (Wildman–Crippen LogP) is 2.37. The number of aliphatic imine (C=N–C) groups is 1. The molecule has 2 aliphatic heterocycles. The molecule has 1 fully saturated rings. The summed E-state index contributed by atoms with van der Waals surface area (Å²) in [5.74, 6) is -1.86. The monoisotopic (exact) mass is 476 g/mol. The van der Waals surface area contributed by atoms with E-state index >= 15 is 0 Å². The Kier molecular flexibility index (Phi) is 7.64. The van der Waals surface area contributed by atoms with Crippen molar-refractivity contribution in [1.82, 2.24) is 15.5 Å². The van der Waals surface area contributed by atoms with Crippen molar-refractivity contribution in [2.24, 2.45) is 4.99 Å². The van der Waals surface area contributed by atoms with Crippen molar-refractivity contribution in [3.63, 3.8) is 0 Å². The van der Waals surface area contributed by atoms with Gasteiger partial charge < -0.3 is 5.32 Å². The SMILES string of the molecule is C/C1=N/C/C=C\C=C(\CNC(=O)c2cccc(C(F)(F)F)c2)CC(=O)N1C1CCC(=O)NC1=O. The molecule has 2 heterocycles. The molecule has 0 spiro atoms. The van der Waals surface area contributed by atoms with E-state index in [0.717, 1.165) is 18.2 Å². The van der Waals surface area contributed by atoms with Crippen LogP contribution in [0.4, 0.5) is 13.2 Å². The van der Waals surface area contributed by atoms with E-state index in [-0.39, 0.29) is 37.9 Å². The molecule has 0 radical (unpaired) electrons. The molecule has 4 amide bonds. The number of imide groups is 1. The number of halogens is 3. The van der Waals surface area contributed by atoms with E-state index in [1.807, 2.05) is 0 Å². The van der Waals surface area contributed by atoms with Crippen LogP contribution >= 0.6 is 0 Å². The van der Waals surface area contributed by atoms with Gasteiger partial charge in [0.05, 0.1) is 18.5 Å². The molecule has 3 rings (SSSR count). The summed E-state index contributed by atoms with van der Waals surface area (Å²) in [5.41, 5.74) is -0.621. The molecule has 0 saturated carbocycles. The van der Waals surface area contributed by atoms with Crippen molar-refractivity contribution in [3.8, 4) is 0 Å². The molecule has 1 aromatic rings. The van der Waals surface area contributed by atoms with Crippen LogP contribution in [-0.2, 0) is 20.6 Å². The first-order chi connectivity index (χ1) is 16.1. The van der Waals surface area contributed by atoms with Crippen molar-refractivity contribution in [1.29, 1.82) is 0 Å². The van der Waals surface area contributed by atoms with E-state index in [0.29, 0.717) is 11.4 Å². The van der Waals surface area contributed by atoms with Gasteiger partial charge in [0.15, 0.2) is 0 Å². The van der Waals surface area contributed by atoms with Gasteiger partial charge in [-0.15, -0.1) is 0 Å². The molecule has 2 N–H and O–H groups in total. The molecule has 1 saturated heterocycles. The standard InChI is InChI=1S/C23H23F3N4O4/c1-14-27-10-3-2-5-15(11-20(32)30(14)18-8-9-19(31)29-22(18)34)13-28-21(33)16-6-4-7-17(12-16)23(24,25)26/h2-7,12,18H,8-11,13H2,1H3,(H,28,33)(H,29,31,34)/b3-2-,15-5+,27-14-. The second kappa shape index (κ2) is 10.4. The Bertz CT molecular complexity index is 1090. The molecule has 8 nitrogen and oxygen atoms in total. The molecular weight excluding hydrogens is 453 g/mol. The number of nitrogens with zero attached hydrogens (tertiary/aromatic N) is 2. The normalized spacial score (nSPS) is 23.8. The molecule has 0 aromatic heterocycles. The first-order valence-electron chi connectivity index (χ1n) is 10.5. The van der Waals surface area contributed by atoms with Crippen molar-refractivity contribution < 1.29 is 32.3 Å². The first kappa shape index (κ1) is 24.9. The van der Waals surface area contributed by atoms with E-state index in [9.17, 15) is 32.3 Å². The Balaban J connectivity index is 1.74. The Hall–Kier alpha value is -3.76. The lowest BCUT2D eigenvalue weighted by atomic mass is 10.0. The summed E-state index contributed by atoms with van der Waals surface area (Å²) < 4.78 is 38.8. The van der Waals surface area contributed by atoms with Crippen molar-refractivity contribution in [2.45, 2.75) is 38.4 Å². The average molecular weight is 476 g/mol. The molecule has 11 heteroatoms. The van der Waals surface area contributed by atoms with Gasteiger partial charge in [0.1, 0.15) is 11.9 Å². The highest BCUT2D eigenvalue weighted by Crippen LogP contribution is 2.29. The second-order valence-electron chi connectivity index (χ2n) is 7.81. The van der Waals surface area contributed by atoms with Gasteiger partial charge in [-0.05, 0) is 37.1 Å². The maximum Gasteiger partial charge on any atom is 0.416 e. The van der Waals surface area contributed by atoms with E-state index in [2.05, 4.69) is 15.6 Å². The summed E-state index contributed by atoms with van der Waals surface area (Å²) in [7, 11) is 0. The highest BCUT2D eigenvalue weighted by molar-refractivity contribution is 6.07. The quantitative estimate of drug-likeness (QED) is 0.651. The molecule has 0 aliphatic carbocycles. The van der Waals surface area contributed by atoms with E-state index in [1.165, 1.54) is 11.0 Å². The summed E-state index contributed by atoms with van der Waals surface area (Å²) >= 11 is 0. The molecule has 2 aliphatic rings. The summed E-state index contributed by atoms with van der Waals surface area (Å²) in [6, 6.07) is 3.15. The number of carbonyl (C=O) groups is 4. The van der Waals surface area contributed by atoms with Crippen LogP contribution in [-0.4, -0.2) is 53.5 Å². The maximum absolute atomic E-state index is 13.1. The molecule has 1 aromatic carbocycles. The zero-order chi connectivity index (χ0) is 24.9. The molecule has 0 bridgehead atoms. The Labute approximate surface area is 193 Å². The third kappa shape index (κ3) is 6.18. The minimum Gasteiger partial charge on any atom is -0.348 e. The van der Waals surface area contributed by atoms with Gasteiger partial charge in [0, 0.05) is 18.5 Å². The lowest BCUT2D eigenvalue weighted by molar-refractivity contribution is -0.142. The van der Waals surface area contributed by atoms with Gasteiger partial charge in [-0.2, -0.15) is 13.2 Å². The summed E-state index contributed by atoms with van der Waals surface area (Å²) in [6.45, 7) is 1.74. The highest BCUT2D eigenvalue weighted by Gasteiger charge is 2.36. The number of nitrogens with one attached hydrogen (secondary N) is 2. The van der Waals surface area contributed by atoms with E-state index < -0.39 is 41.4 Å². The summed E-state index contributed by atoms with van der Waals surface area (Å²) in [6.07, 6.45) is 0.494. The Morgan fingerprint density at radius 1 is 1.26 bits per heavy atom. The fourth-order valence-corrected chi connectivity index (χ4v) is 3.63. The molecule has 180 valence electrons. The lowest BCUT2D eigenvalue weighted by Gasteiger charge is -2.33.